The van der Waals surface area contributed by atoms with Gasteiger partial charge in [0.1, 0.15) is 5.75 Å². The van der Waals surface area contributed by atoms with Crippen molar-refractivity contribution >= 4 is 23.2 Å². The van der Waals surface area contributed by atoms with Gasteiger partial charge in [0.05, 0.1) is 12.5 Å². The van der Waals surface area contributed by atoms with E-state index in [0.717, 1.165) is 30.7 Å². The Morgan fingerprint density at radius 1 is 1.07 bits per heavy atom. The number of nitrogens with one attached hydrogen (secondary N) is 1. The second-order valence-electron chi connectivity index (χ2n) is 7.49. The van der Waals surface area contributed by atoms with Crippen molar-refractivity contribution in [3.63, 3.8) is 0 Å². The molecule has 5 heteroatoms. The Morgan fingerprint density at radius 2 is 1.79 bits per heavy atom. The maximum absolute atomic E-state index is 12.6. The highest BCUT2D eigenvalue weighted by molar-refractivity contribution is 6.03. The van der Waals surface area contributed by atoms with Crippen molar-refractivity contribution in [2.45, 2.75) is 46.0 Å². The quantitative estimate of drug-likeness (QED) is 0.621. The molecule has 1 aliphatic rings. The van der Waals surface area contributed by atoms with Gasteiger partial charge in [0.25, 0.3) is 0 Å². The molecule has 0 aliphatic carbocycles. The highest BCUT2D eigenvalue weighted by Crippen LogP contribution is 2.27. The molecule has 5 nitrogen and oxygen atoms in total. The molecule has 0 saturated carbocycles. The average Bonchev–Trinajstić information content (AvgIpc) is 3.14. The fraction of sp³-hybridized carbons (Fsp3) is 0.417. The number of hydrogen-bond donors (Lipinski definition) is 1. The molecule has 1 N–H and O–H groups in total. The Balaban J connectivity index is 1.53. The van der Waals surface area contributed by atoms with Crippen LogP contribution < -0.4 is 15.0 Å². The Bertz CT molecular complexity index is 815. The Kier molecular flexibility index (Phi) is 7.28. The number of nitrogens with zero attached hydrogens (tertiary/aromatic N) is 1. The number of aryl methyl sites for hydroxylation is 1. The molecule has 154 valence electrons. The number of carbonyl (C=O) groups is 2. The zero-order valence-corrected chi connectivity index (χ0v) is 17.3. The van der Waals surface area contributed by atoms with E-state index < -0.39 is 0 Å². The topological polar surface area (TPSA) is 58.6 Å². The van der Waals surface area contributed by atoms with Crippen molar-refractivity contribution in [3.05, 3.63) is 54.1 Å². The molecule has 2 amide bonds. The summed E-state index contributed by atoms with van der Waals surface area (Å²) in [5.74, 6) is 0.322. The molecule has 0 radical (unpaired) electrons. The third-order valence-electron chi connectivity index (χ3n) is 5.29. The van der Waals surface area contributed by atoms with Crippen molar-refractivity contribution in [2.24, 2.45) is 5.92 Å². The van der Waals surface area contributed by atoms with Crippen molar-refractivity contribution in [1.29, 1.82) is 0 Å². The smallest absolute Gasteiger partial charge is 0.229 e. The first-order valence-corrected chi connectivity index (χ1v) is 10.5. The van der Waals surface area contributed by atoms with Gasteiger partial charge in [-0.1, -0.05) is 38.8 Å². The molecule has 2 aromatic rings. The van der Waals surface area contributed by atoms with Gasteiger partial charge in [-0.15, -0.1) is 0 Å². The van der Waals surface area contributed by atoms with E-state index in [-0.39, 0.29) is 24.2 Å². The fourth-order valence-corrected chi connectivity index (χ4v) is 3.47. The van der Waals surface area contributed by atoms with E-state index in [1.165, 1.54) is 12.0 Å². The van der Waals surface area contributed by atoms with Crippen LogP contribution in [0.3, 0.4) is 0 Å². The van der Waals surface area contributed by atoms with E-state index >= 15 is 0 Å². The summed E-state index contributed by atoms with van der Waals surface area (Å²) in [7, 11) is 0. The van der Waals surface area contributed by atoms with E-state index in [9.17, 15) is 9.59 Å². The summed E-state index contributed by atoms with van der Waals surface area (Å²) in [6.45, 7) is 5.38. The van der Waals surface area contributed by atoms with Crippen LogP contribution in [0.1, 0.15) is 45.1 Å². The van der Waals surface area contributed by atoms with E-state index in [0.29, 0.717) is 18.8 Å². The maximum Gasteiger partial charge on any atom is 0.229 e. The molecule has 29 heavy (non-hydrogen) atoms. The van der Waals surface area contributed by atoms with Crippen LogP contribution in [-0.2, 0) is 16.0 Å². The van der Waals surface area contributed by atoms with E-state index in [4.69, 9.17) is 4.74 Å². The summed E-state index contributed by atoms with van der Waals surface area (Å²) in [4.78, 5) is 26.8. The third kappa shape index (κ3) is 5.59. The minimum absolute atomic E-state index is 0.00905. The largest absolute Gasteiger partial charge is 0.494 e. The molecule has 1 aliphatic heterocycles. The summed E-state index contributed by atoms with van der Waals surface area (Å²) in [6.07, 6.45) is 4.57. The van der Waals surface area contributed by atoms with Gasteiger partial charge in [0.2, 0.25) is 11.8 Å². The number of rotatable bonds is 9. The normalized spacial score (nSPS) is 16.1. The van der Waals surface area contributed by atoms with E-state index in [1.807, 2.05) is 48.5 Å². The zero-order chi connectivity index (χ0) is 20.6. The molecule has 2 aromatic carbocycles. The summed E-state index contributed by atoms with van der Waals surface area (Å²) < 4.78 is 5.70. The molecule has 1 heterocycles. The van der Waals surface area contributed by atoms with Gasteiger partial charge in [0.15, 0.2) is 0 Å². The van der Waals surface area contributed by atoms with Crippen LogP contribution in [0.25, 0.3) is 0 Å². The minimum atomic E-state index is -0.349. The molecule has 1 saturated heterocycles. The van der Waals surface area contributed by atoms with Gasteiger partial charge in [-0.05, 0) is 54.8 Å². The Morgan fingerprint density at radius 3 is 2.45 bits per heavy atom. The predicted molar refractivity (Wildman–Crippen MR) is 116 cm³/mol. The second kappa shape index (κ2) is 10.1. The fourth-order valence-electron chi connectivity index (χ4n) is 3.47. The number of carbonyl (C=O) groups excluding carboxylic acids is 2. The van der Waals surface area contributed by atoms with Crippen molar-refractivity contribution in [1.82, 2.24) is 0 Å². The van der Waals surface area contributed by atoms with Gasteiger partial charge in [-0.25, -0.2) is 0 Å². The van der Waals surface area contributed by atoms with Gasteiger partial charge in [-0.2, -0.15) is 0 Å². The standard InChI is InChI=1S/C24H30N2O3/c1-3-5-6-15-29-22-13-9-20(10-14-22)25-24(28)19-16-23(27)26(17-19)21-11-7-18(4-2)8-12-21/h7-14,19H,3-6,15-17H2,1-2H3,(H,25,28)/t19-/m0/s1. The van der Waals surface area contributed by atoms with Crippen LogP contribution >= 0.6 is 0 Å². The van der Waals surface area contributed by atoms with Crippen molar-refractivity contribution in [3.8, 4) is 5.75 Å². The third-order valence-corrected chi connectivity index (χ3v) is 5.29. The molecular weight excluding hydrogens is 364 g/mol. The lowest BCUT2D eigenvalue weighted by Gasteiger charge is -2.17. The highest BCUT2D eigenvalue weighted by Gasteiger charge is 2.35. The first-order valence-electron chi connectivity index (χ1n) is 10.5. The van der Waals surface area contributed by atoms with Gasteiger partial charge in [-0.3, -0.25) is 9.59 Å². The van der Waals surface area contributed by atoms with Crippen molar-refractivity contribution in [2.75, 3.05) is 23.4 Å². The summed E-state index contributed by atoms with van der Waals surface area (Å²) in [5, 5.41) is 2.92. The number of unbranched alkanes of at least 4 members (excludes halogenated alkanes) is 2. The summed E-state index contributed by atoms with van der Waals surface area (Å²) in [5.41, 5.74) is 2.80. The summed E-state index contributed by atoms with van der Waals surface area (Å²) >= 11 is 0. The Labute approximate surface area is 173 Å². The lowest BCUT2D eigenvalue weighted by molar-refractivity contribution is -0.122. The molecule has 0 unspecified atom stereocenters. The number of ether oxygens (including phenoxy) is 1. The summed E-state index contributed by atoms with van der Waals surface area (Å²) in [6, 6.07) is 15.4. The SMILES string of the molecule is CCCCCOc1ccc(NC(=O)[C@H]2CC(=O)N(c3ccc(CC)cc3)C2)cc1. The number of amides is 2. The molecular formula is C24H30N2O3. The van der Waals surface area contributed by atoms with Crippen LogP contribution in [0.15, 0.2) is 48.5 Å². The van der Waals surface area contributed by atoms with Gasteiger partial charge < -0.3 is 15.0 Å². The number of hydrogen-bond acceptors (Lipinski definition) is 3. The second-order valence-corrected chi connectivity index (χ2v) is 7.49. The van der Waals surface area contributed by atoms with Crippen LogP contribution in [0, 0.1) is 5.92 Å². The monoisotopic (exact) mass is 394 g/mol. The first-order chi connectivity index (χ1) is 14.1. The predicted octanol–water partition coefficient (Wildman–Crippen LogP) is 4.81. The van der Waals surface area contributed by atoms with Crippen LogP contribution in [0.4, 0.5) is 11.4 Å². The van der Waals surface area contributed by atoms with Gasteiger partial charge in [0, 0.05) is 24.3 Å². The van der Waals surface area contributed by atoms with E-state index in [1.54, 1.807) is 4.90 Å². The van der Waals surface area contributed by atoms with Crippen LogP contribution in [0.2, 0.25) is 0 Å². The lowest BCUT2D eigenvalue weighted by atomic mass is 10.1. The molecule has 3 rings (SSSR count). The zero-order valence-electron chi connectivity index (χ0n) is 17.3. The van der Waals surface area contributed by atoms with E-state index in [2.05, 4.69) is 19.2 Å². The minimum Gasteiger partial charge on any atom is -0.494 e. The molecule has 0 aromatic heterocycles. The maximum atomic E-state index is 12.6. The first kappa shape index (κ1) is 20.9. The lowest BCUT2D eigenvalue weighted by Crippen LogP contribution is -2.28. The molecule has 1 fully saturated rings. The molecule has 1 atom stereocenters. The molecule has 0 spiro atoms. The Hall–Kier alpha value is -2.82. The number of benzene rings is 2. The number of anilines is 2. The van der Waals surface area contributed by atoms with Crippen LogP contribution in [0.5, 0.6) is 5.75 Å². The van der Waals surface area contributed by atoms with Crippen LogP contribution in [-0.4, -0.2) is 25.0 Å². The van der Waals surface area contributed by atoms with Crippen molar-refractivity contribution < 1.29 is 14.3 Å². The molecule has 0 bridgehead atoms. The van der Waals surface area contributed by atoms with Gasteiger partial charge >= 0.3 is 0 Å². The average molecular weight is 395 g/mol. The highest BCUT2D eigenvalue weighted by atomic mass is 16.5.